The molecular weight excluding hydrogens is 338 g/mol. The Hall–Kier alpha value is -1.00. The topological polar surface area (TPSA) is 39.1 Å². The Kier molecular flexibility index (Phi) is 8.79. The van der Waals surface area contributed by atoms with Crippen LogP contribution >= 0.6 is 24.8 Å². The molecule has 1 aliphatic heterocycles. The average Bonchev–Trinajstić information content (AvgIpc) is 2.45. The summed E-state index contributed by atoms with van der Waals surface area (Å²) in [4.78, 5) is 2.06. The van der Waals surface area contributed by atoms with E-state index in [0.717, 1.165) is 38.3 Å². The van der Waals surface area contributed by atoms with E-state index in [4.69, 9.17) is 5.26 Å². The van der Waals surface area contributed by atoms with E-state index in [1.54, 1.807) is 6.07 Å². The van der Waals surface area contributed by atoms with Crippen molar-refractivity contribution in [1.82, 2.24) is 10.2 Å². The number of nitrogens with zero attached hydrogens (tertiary/aromatic N) is 2. The van der Waals surface area contributed by atoms with E-state index in [1.165, 1.54) is 6.07 Å². The maximum absolute atomic E-state index is 12.8. The number of nitrogens with one attached hydrogen (secondary N) is 1. The highest BCUT2D eigenvalue weighted by Crippen LogP contribution is 2.32. The van der Waals surface area contributed by atoms with Crippen LogP contribution in [0.15, 0.2) is 24.3 Å². The zero-order chi connectivity index (χ0) is 14.6. The Bertz CT molecular complexity index is 497. The smallest absolute Gasteiger partial charge is 0.314 e. The van der Waals surface area contributed by atoms with Crippen LogP contribution in [0.3, 0.4) is 0 Å². The lowest BCUT2D eigenvalue weighted by Crippen LogP contribution is -2.45. The Labute approximate surface area is 140 Å². The molecule has 0 amide bonds. The quantitative estimate of drug-likeness (QED) is 0.902. The molecule has 2 rings (SSSR count). The molecule has 124 valence electrons. The highest BCUT2D eigenvalue weighted by Gasteiger charge is 2.31. The Morgan fingerprint density at radius 2 is 1.86 bits per heavy atom. The summed E-state index contributed by atoms with van der Waals surface area (Å²) in [5.74, 6) is 0. The molecule has 0 aliphatic carbocycles. The van der Waals surface area contributed by atoms with E-state index in [1.807, 2.05) is 0 Å². The molecule has 1 aromatic carbocycles. The number of halogens is 5. The van der Waals surface area contributed by atoms with E-state index in [-0.39, 0.29) is 37.3 Å². The lowest BCUT2D eigenvalue weighted by atomic mass is 9.99. The van der Waals surface area contributed by atoms with Crippen LogP contribution in [0.4, 0.5) is 13.2 Å². The van der Waals surface area contributed by atoms with Gasteiger partial charge in [-0.3, -0.25) is 4.90 Å². The van der Waals surface area contributed by atoms with Crippen molar-refractivity contribution in [2.24, 2.45) is 0 Å². The molecule has 0 radical (unpaired) electrons. The molecule has 22 heavy (non-hydrogen) atoms. The molecule has 0 unspecified atom stereocenters. The van der Waals surface area contributed by atoms with E-state index in [2.05, 4.69) is 16.3 Å². The first-order valence-corrected chi connectivity index (χ1v) is 6.51. The normalized spacial score (nSPS) is 16.8. The molecule has 1 aromatic rings. The molecule has 1 fully saturated rings. The first-order valence-electron chi connectivity index (χ1n) is 6.51. The zero-order valence-electron chi connectivity index (χ0n) is 11.8. The summed E-state index contributed by atoms with van der Waals surface area (Å²) in [7, 11) is 0. The first-order chi connectivity index (χ1) is 9.52. The van der Waals surface area contributed by atoms with Crippen LogP contribution in [0.1, 0.15) is 23.6 Å². The predicted molar refractivity (Wildman–Crippen MR) is 83.4 cm³/mol. The van der Waals surface area contributed by atoms with Gasteiger partial charge in [-0.2, -0.15) is 18.4 Å². The van der Waals surface area contributed by atoms with E-state index in [0.29, 0.717) is 5.56 Å². The van der Waals surface area contributed by atoms with Crippen LogP contribution in [0.5, 0.6) is 0 Å². The molecule has 1 N–H and O–H groups in total. The fourth-order valence-corrected chi connectivity index (χ4v) is 2.46. The summed E-state index contributed by atoms with van der Waals surface area (Å²) in [6.07, 6.45) is -4.15. The first kappa shape index (κ1) is 21.0. The maximum Gasteiger partial charge on any atom is 0.416 e. The van der Waals surface area contributed by atoms with Crippen molar-refractivity contribution < 1.29 is 13.2 Å². The molecular formula is C14H18Cl2F3N3. The van der Waals surface area contributed by atoms with Gasteiger partial charge in [-0.05, 0) is 17.7 Å². The van der Waals surface area contributed by atoms with Gasteiger partial charge in [-0.25, -0.2) is 0 Å². The third-order valence-corrected chi connectivity index (χ3v) is 3.48. The average molecular weight is 356 g/mol. The van der Waals surface area contributed by atoms with Crippen molar-refractivity contribution >= 4 is 24.8 Å². The fraction of sp³-hybridized carbons (Fsp3) is 0.500. The summed E-state index contributed by atoms with van der Waals surface area (Å²) >= 11 is 0. The van der Waals surface area contributed by atoms with Crippen molar-refractivity contribution in [3.63, 3.8) is 0 Å². The summed E-state index contributed by atoms with van der Waals surface area (Å²) in [6.45, 7) is 3.06. The number of rotatable bonds is 3. The standard InChI is InChI=1S/C14H16F3N3.2ClH/c15-14(16,17)12-3-1-2-11(10-12)13(4-5-18)20-8-6-19-7-9-20;;/h1-3,10,13,19H,4,6-9H2;2*1H/t13-;;/m0../s1. The van der Waals surface area contributed by atoms with Crippen molar-refractivity contribution in [1.29, 1.82) is 5.26 Å². The number of nitriles is 1. The minimum atomic E-state index is -4.35. The lowest BCUT2D eigenvalue weighted by molar-refractivity contribution is -0.137. The van der Waals surface area contributed by atoms with Gasteiger partial charge >= 0.3 is 6.18 Å². The molecule has 1 atom stereocenters. The third-order valence-electron chi connectivity index (χ3n) is 3.48. The molecule has 0 saturated carbocycles. The summed E-state index contributed by atoms with van der Waals surface area (Å²) in [5, 5.41) is 12.1. The van der Waals surface area contributed by atoms with Crippen LogP contribution in [-0.2, 0) is 6.18 Å². The lowest BCUT2D eigenvalue weighted by Gasteiger charge is -2.34. The molecule has 1 heterocycles. The number of hydrogen-bond acceptors (Lipinski definition) is 3. The second-order valence-corrected chi connectivity index (χ2v) is 4.79. The molecule has 3 nitrogen and oxygen atoms in total. The molecule has 0 spiro atoms. The van der Waals surface area contributed by atoms with Crippen LogP contribution < -0.4 is 5.32 Å². The van der Waals surface area contributed by atoms with Gasteiger partial charge in [0.15, 0.2) is 0 Å². The van der Waals surface area contributed by atoms with Gasteiger partial charge in [0.25, 0.3) is 0 Å². The largest absolute Gasteiger partial charge is 0.416 e. The Balaban J connectivity index is 0.00000220. The van der Waals surface area contributed by atoms with E-state index in [9.17, 15) is 13.2 Å². The maximum atomic E-state index is 12.8. The Morgan fingerprint density at radius 1 is 1.23 bits per heavy atom. The predicted octanol–water partition coefficient (Wildman–Crippen LogP) is 3.41. The molecule has 0 bridgehead atoms. The number of hydrogen-bond donors (Lipinski definition) is 1. The van der Waals surface area contributed by atoms with Crippen LogP contribution in [0, 0.1) is 11.3 Å². The second kappa shape index (κ2) is 9.21. The minimum Gasteiger partial charge on any atom is -0.314 e. The fourth-order valence-electron chi connectivity index (χ4n) is 2.46. The van der Waals surface area contributed by atoms with Crippen LogP contribution in [0.25, 0.3) is 0 Å². The van der Waals surface area contributed by atoms with Crippen molar-refractivity contribution in [3.8, 4) is 6.07 Å². The number of piperazine rings is 1. The van der Waals surface area contributed by atoms with Crippen molar-refractivity contribution in [3.05, 3.63) is 35.4 Å². The van der Waals surface area contributed by atoms with E-state index >= 15 is 0 Å². The third kappa shape index (κ3) is 5.33. The minimum absolute atomic E-state index is 0. The van der Waals surface area contributed by atoms with Gasteiger partial charge in [0.1, 0.15) is 0 Å². The van der Waals surface area contributed by atoms with E-state index < -0.39 is 11.7 Å². The molecule has 1 aliphatic rings. The number of alkyl halides is 3. The van der Waals surface area contributed by atoms with Gasteiger partial charge in [0, 0.05) is 32.2 Å². The summed E-state index contributed by atoms with van der Waals surface area (Å²) < 4.78 is 38.3. The van der Waals surface area contributed by atoms with Gasteiger partial charge in [-0.15, -0.1) is 24.8 Å². The monoisotopic (exact) mass is 355 g/mol. The second-order valence-electron chi connectivity index (χ2n) is 4.79. The SMILES string of the molecule is Cl.Cl.N#CC[C@@H](c1cccc(C(F)(F)F)c1)N1CCNCC1. The van der Waals surface area contributed by atoms with Gasteiger partial charge in [-0.1, -0.05) is 12.1 Å². The summed E-state index contributed by atoms with van der Waals surface area (Å²) in [5.41, 5.74) is -0.101. The highest BCUT2D eigenvalue weighted by atomic mass is 35.5. The van der Waals surface area contributed by atoms with Crippen LogP contribution in [0.2, 0.25) is 0 Å². The van der Waals surface area contributed by atoms with Gasteiger partial charge in [0.2, 0.25) is 0 Å². The molecule has 0 aromatic heterocycles. The van der Waals surface area contributed by atoms with Crippen LogP contribution in [-0.4, -0.2) is 31.1 Å². The van der Waals surface area contributed by atoms with Crippen molar-refractivity contribution in [2.75, 3.05) is 26.2 Å². The number of benzene rings is 1. The van der Waals surface area contributed by atoms with Gasteiger partial charge in [0.05, 0.1) is 18.1 Å². The van der Waals surface area contributed by atoms with Crippen molar-refractivity contribution in [2.45, 2.75) is 18.6 Å². The molecule has 1 saturated heterocycles. The highest BCUT2D eigenvalue weighted by molar-refractivity contribution is 5.85. The Morgan fingerprint density at radius 3 is 2.41 bits per heavy atom. The van der Waals surface area contributed by atoms with Gasteiger partial charge < -0.3 is 5.32 Å². The zero-order valence-corrected chi connectivity index (χ0v) is 13.4. The summed E-state index contributed by atoms with van der Waals surface area (Å²) in [6, 6.07) is 7.10. The molecule has 8 heteroatoms.